The molecule has 0 saturated heterocycles. The van der Waals surface area contributed by atoms with Gasteiger partial charge in [0.05, 0.1) is 21.2 Å². The fourth-order valence-corrected chi connectivity index (χ4v) is 7.13. The molecular weight excluding hydrogens is 627 g/mol. The Bertz CT molecular complexity index is 1580. The van der Waals surface area contributed by atoms with Crippen LogP contribution in [-0.2, 0) is 32.3 Å². The summed E-state index contributed by atoms with van der Waals surface area (Å²) in [5.74, 6) is -1.10. The number of halogens is 4. The van der Waals surface area contributed by atoms with Gasteiger partial charge in [0.15, 0.2) is 0 Å². The summed E-state index contributed by atoms with van der Waals surface area (Å²) >= 11 is 5.85. The molecule has 1 saturated carbocycles. The number of alkyl halides is 3. The second kappa shape index (κ2) is 14.7. The first-order valence-corrected chi connectivity index (χ1v) is 16.7. The number of nitrogens with zero attached hydrogens (tertiary/aromatic N) is 2. The van der Waals surface area contributed by atoms with Crippen LogP contribution in [0, 0.1) is 6.92 Å². The lowest BCUT2D eigenvalue weighted by Crippen LogP contribution is -2.54. The Morgan fingerprint density at radius 3 is 2.22 bits per heavy atom. The maximum atomic E-state index is 14.2. The molecular formula is C33H37ClF3N3O4S. The topological polar surface area (TPSA) is 86.8 Å². The van der Waals surface area contributed by atoms with E-state index in [1.54, 1.807) is 56.3 Å². The predicted molar refractivity (Wildman–Crippen MR) is 168 cm³/mol. The van der Waals surface area contributed by atoms with Crippen molar-refractivity contribution in [2.45, 2.75) is 82.1 Å². The normalized spacial score (nSPS) is 14.9. The summed E-state index contributed by atoms with van der Waals surface area (Å²) < 4.78 is 70.2. The van der Waals surface area contributed by atoms with Gasteiger partial charge in [0, 0.05) is 12.6 Å². The zero-order chi connectivity index (χ0) is 32.8. The zero-order valence-electron chi connectivity index (χ0n) is 25.2. The average molecular weight is 664 g/mol. The molecule has 1 N–H and O–H groups in total. The van der Waals surface area contributed by atoms with Gasteiger partial charge in [-0.25, -0.2) is 8.42 Å². The van der Waals surface area contributed by atoms with Crippen molar-refractivity contribution < 1.29 is 31.2 Å². The third-order valence-corrected chi connectivity index (χ3v) is 10.1. The number of benzene rings is 3. The third kappa shape index (κ3) is 8.58. The first-order valence-electron chi connectivity index (χ1n) is 14.9. The molecule has 0 radical (unpaired) electrons. The molecule has 3 aromatic rings. The van der Waals surface area contributed by atoms with E-state index in [1.807, 2.05) is 0 Å². The largest absolute Gasteiger partial charge is 0.417 e. The number of nitrogens with one attached hydrogen (secondary N) is 1. The molecule has 2 amide bonds. The van der Waals surface area contributed by atoms with Crippen LogP contribution in [0.5, 0.6) is 0 Å². The maximum absolute atomic E-state index is 14.2. The minimum Gasteiger partial charge on any atom is -0.352 e. The van der Waals surface area contributed by atoms with Crippen LogP contribution in [0.3, 0.4) is 0 Å². The van der Waals surface area contributed by atoms with Gasteiger partial charge in [-0.3, -0.25) is 13.9 Å². The monoisotopic (exact) mass is 663 g/mol. The Balaban J connectivity index is 1.76. The SMILES string of the molecule is CCC(C(=O)NC1CCCCC1)N(Cc1ccccc1)C(=O)CN(c1ccc(Cl)c(C(F)(F)F)c1)S(=O)(=O)c1ccc(C)cc1. The molecule has 12 heteroatoms. The smallest absolute Gasteiger partial charge is 0.352 e. The third-order valence-electron chi connectivity index (χ3n) is 7.96. The van der Waals surface area contributed by atoms with Crippen molar-refractivity contribution in [2.75, 3.05) is 10.8 Å². The van der Waals surface area contributed by atoms with E-state index in [1.165, 1.54) is 17.0 Å². The summed E-state index contributed by atoms with van der Waals surface area (Å²) in [6.45, 7) is 2.65. The lowest BCUT2D eigenvalue weighted by atomic mass is 9.95. The van der Waals surface area contributed by atoms with E-state index in [4.69, 9.17) is 11.6 Å². The summed E-state index contributed by atoms with van der Waals surface area (Å²) in [7, 11) is -4.55. The fourth-order valence-electron chi connectivity index (χ4n) is 5.50. The molecule has 45 heavy (non-hydrogen) atoms. The number of carbonyl (C=O) groups is 2. The van der Waals surface area contributed by atoms with Crippen molar-refractivity contribution in [3.05, 3.63) is 94.5 Å². The van der Waals surface area contributed by atoms with Crippen LogP contribution < -0.4 is 9.62 Å². The van der Waals surface area contributed by atoms with Gasteiger partial charge in [-0.2, -0.15) is 13.2 Å². The summed E-state index contributed by atoms with van der Waals surface area (Å²) in [6.07, 6.45) is 0.0862. The molecule has 0 spiro atoms. The van der Waals surface area contributed by atoms with E-state index in [9.17, 15) is 31.2 Å². The van der Waals surface area contributed by atoms with E-state index in [-0.39, 0.29) is 35.5 Å². The molecule has 1 aliphatic rings. The van der Waals surface area contributed by atoms with Crippen molar-refractivity contribution in [2.24, 2.45) is 0 Å². The van der Waals surface area contributed by atoms with Gasteiger partial charge in [-0.05, 0) is 62.1 Å². The van der Waals surface area contributed by atoms with Gasteiger partial charge in [0.25, 0.3) is 10.0 Å². The minimum atomic E-state index is -4.87. The van der Waals surface area contributed by atoms with Crippen molar-refractivity contribution in [3.8, 4) is 0 Å². The van der Waals surface area contributed by atoms with Crippen molar-refractivity contribution in [1.82, 2.24) is 10.2 Å². The van der Waals surface area contributed by atoms with Crippen LogP contribution in [0.2, 0.25) is 5.02 Å². The average Bonchev–Trinajstić information content (AvgIpc) is 3.00. The number of carbonyl (C=O) groups excluding carboxylic acids is 2. The number of anilines is 1. The second-order valence-electron chi connectivity index (χ2n) is 11.3. The van der Waals surface area contributed by atoms with E-state index in [2.05, 4.69) is 5.32 Å². The molecule has 1 aliphatic carbocycles. The van der Waals surface area contributed by atoms with Crippen LogP contribution in [0.25, 0.3) is 0 Å². The Morgan fingerprint density at radius 2 is 1.62 bits per heavy atom. The number of aryl methyl sites for hydroxylation is 1. The summed E-state index contributed by atoms with van der Waals surface area (Å²) in [6, 6.07) is 16.4. The molecule has 242 valence electrons. The first kappa shape index (κ1) is 34.3. The molecule has 4 rings (SSSR count). The number of rotatable bonds is 11. The molecule has 0 aromatic heterocycles. The van der Waals surface area contributed by atoms with Gasteiger partial charge in [0.1, 0.15) is 12.6 Å². The van der Waals surface area contributed by atoms with Gasteiger partial charge in [-0.1, -0.05) is 85.8 Å². The highest BCUT2D eigenvalue weighted by molar-refractivity contribution is 7.92. The maximum Gasteiger partial charge on any atom is 0.417 e. The predicted octanol–water partition coefficient (Wildman–Crippen LogP) is 7.12. The van der Waals surface area contributed by atoms with Crippen molar-refractivity contribution >= 4 is 39.1 Å². The molecule has 0 heterocycles. The van der Waals surface area contributed by atoms with Crippen LogP contribution in [0.4, 0.5) is 18.9 Å². The summed E-state index contributed by atoms with van der Waals surface area (Å²) in [4.78, 5) is 28.9. The number of sulfonamides is 1. The quantitative estimate of drug-likeness (QED) is 0.237. The van der Waals surface area contributed by atoms with E-state index < -0.39 is 45.3 Å². The first-order chi connectivity index (χ1) is 21.3. The summed E-state index contributed by atoms with van der Waals surface area (Å²) in [5, 5.41) is 2.45. The van der Waals surface area contributed by atoms with E-state index in [0.717, 1.165) is 49.8 Å². The Hall–Kier alpha value is -3.57. The number of hydrogen-bond donors (Lipinski definition) is 1. The molecule has 0 bridgehead atoms. The second-order valence-corrected chi connectivity index (χ2v) is 13.5. The molecule has 1 unspecified atom stereocenters. The highest BCUT2D eigenvalue weighted by Crippen LogP contribution is 2.38. The molecule has 7 nitrogen and oxygen atoms in total. The van der Waals surface area contributed by atoms with Crippen LogP contribution in [0.1, 0.15) is 62.1 Å². The fraction of sp³-hybridized carbons (Fsp3) is 0.394. The molecule has 1 atom stereocenters. The van der Waals surface area contributed by atoms with E-state index >= 15 is 0 Å². The van der Waals surface area contributed by atoms with Crippen LogP contribution in [-0.4, -0.2) is 43.8 Å². The van der Waals surface area contributed by atoms with Crippen molar-refractivity contribution in [3.63, 3.8) is 0 Å². The lowest BCUT2D eigenvalue weighted by molar-refractivity contribution is -0.140. The molecule has 0 aliphatic heterocycles. The Kier molecular flexibility index (Phi) is 11.2. The van der Waals surface area contributed by atoms with Crippen molar-refractivity contribution in [1.29, 1.82) is 0 Å². The highest BCUT2D eigenvalue weighted by Gasteiger charge is 2.37. The number of amides is 2. The van der Waals surface area contributed by atoms with Crippen LogP contribution in [0.15, 0.2) is 77.7 Å². The van der Waals surface area contributed by atoms with E-state index in [0.29, 0.717) is 15.9 Å². The minimum absolute atomic E-state index is 0.0108. The van der Waals surface area contributed by atoms with Crippen LogP contribution >= 0.6 is 11.6 Å². The Morgan fingerprint density at radius 1 is 0.978 bits per heavy atom. The number of hydrogen-bond acceptors (Lipinski definition) is 4. The molecule has 3 aromatic carbocycles. The summed E-state index contributed by atoms with van der Waals surface area (Å²) in [5.41, 5.74) is -0.155. The lowest BCUT2D eigenvalue weighted by Gasteiger charge is -2.34. The zero-order valence-corrected chi connectivity index (χ0v) is 26.8. The van der Waals surface area contributed by atoms with Gasteiger partial charge >= 0.3 is 6.18 Å². The highest BCUT2D eigenvalue weighted by atomic mass is 35.5. The van der Waals surface area contributed by atoms with Gasteiger partial charge in [-0.15, -0.1) is 0 Å². The van der Waals surface area contributed by atoms with Gasteiger partial charge in [0.2, 0.25) is 11.8 Å². The molecule has 1 fully saturated rings. The standard InChI is InChI=1S/C33H37ClF3N3O4S/c1-3-30(32(42)38-25-12-8-5-9-13-25)39(21-24-10-6-4-7-11-24)31(41)22-40(45(43,44)27-17-14-23(2)15-18-27)26-16-19-29(34)28(20-26)33(35,36)37/h4,6-7,10-11,14-20,25,30H,3,5,8-9,12-13,21-22H2,1-2H3,(H,38,42). The Labute approximate surface area is 267 Å². The van der Waals surface area contributed by atoms with Gasteiger partial charge < -0.3 is 10.2 Å².